The molecule has 392 valence electrons. The summed E-state index contributed by atoms with van der Waals surface area (Å²) in [5.41, 5.74) is 5.62. The number of ether oxygens (including phenoxy) is 3. The Hall–Kier alpha value is -6.19. The van der Waals surface area contributed by atoms with Gasteiger partial charge in [-0.25, -0.2) is 4.79 Å². The third kappa shape index (κ3) is 14.3. The molecule has 3 aliphatic rings. The van der Waals surface area contributed by atoms with Gasteiger partial charge in [-0.2, -0.15) is 16.8 Å². The maximum absolute atomic E-state index is 12.9. The van der Waals surface area contributed by atoms with Crippen molar-refractivity contribution in [1.82, 2.24) is 5.06 Å². The zero-order chi connectivity index (χ0) is 53.1. The highest BCUT2D eigenvalue weighted by Crippen LogP contribution is 2.51. The van der Waals surface area contributed by atoms with Crippen LogP contribution >= 0.6 is 0 Å². The number of fused-ring (bicyclic) bond motifs is 2. The van der Waals surface area contributed by atoms with E-state index in [9.17, 15) is 45.4 Å². The van der Waals surface area contributed by atoms with Crippen molar-refractivity contribution >= 4 is 66.1 Å². The first-order valence-electron chi connectivity index (χ1n) is 24.0. The van der Waals surface area contributed by atoms with E-state index in [1.165, 1.54) is 18.2 Å². The fourth-order valence-electron chi connectivity index (χ4n) is 9.37. The number of phenolic OH excluding ortho intramolecular Hbond substituents is 1. The van der Waals surface area contributed by atoms with Crippen molar-refractivity contribution in [2.24, 2.45) is 0 Å². The van der Waals surface area contributed by atoms with E-state index in [0.29, 0.717) is 78.3 Å². The second-order valence-corrected chi connectivity index (χ2v) is 21.7. The first kappa shape index (κ1) is 56.1. The predicted molar refractivity (Wildman–Crippen MR) is 280 cm³/mol. The summed E-state index contributed by atoms with van der Waals surface area (Å²) < 4.78 is 84.8. The molecule has 1 unspecified atom stereocenters. The Labute approximate surface area is 428 Å². The van der Waals surface area contributed by atoms with Gasteiger partial charge in [0.25, 0.3) is 32.1 Å². The van der Waals surface area contributed by atoms with E-state index < -0.39 is 54.7 Å². The number of hydroxylamine groups is 2. The van der Waals surface area contributed by atoms with Crippen LogP contribution in [0, 0.1) is 0 Å². The van der Waals surface area contributed by atoms with Gasteiger partial charge in [0.1, 0.15) is 5.75 Å². The second kappa shape index (κ2) is 24.2. The van der Waals surface area contributed by atoms with Crippen LogP contribution in [0.4, 0.5) is 11.4 Å². The number of amides is 2. The van der Waals surface area contributed by atoms with Gasteiger partial charge in [-0.3, -0.25) is 18.7 Å². The molecule has 6 rings (SSSR count). The Bertz CT molecular complexity index is 2930. The van der Waals surface area contributed by atoms with E-state index >= 15 is 0 Å². The first-order valence-corrected chi connectivity index (χ1v) is 27.0. The average molecular weight is 1040 g/mol. The second-order valence-electron chi connectivity index (χ2n) is 18.7. The first-order chi connectivity index (χ1) is 34.5. The lowest BCUT2D eigenvalue weighted by atomic mass is 9.77. The van der Waals surface area contributed by atoms with Gasteiger partial charge in [-0.1, -0.05) is 67.3 Å². The number of hydrogen-bond acceptors (Lipinski definition) is 14. The minimum Gasteiger partial charge on any atom is -0.507 e. The van der Waals surface area contributed by atoms with Crippen molar-refractivity contribution in [3.05, 3.63) is 138 Å². The molecule has 3 aliphatic heterocycles. The van der Waals surface area contributed by atoms with Crippen molar-refractivity contribution in [3.8, 4) is 5.75 Å². The van der Waals surface area contributed by atoms with E-state index in [2.05, 4.69) is 31.4 Å². The fraction of sp³-hybridized carbons (Fsp3) is 0.389. The average Bonchev–Trinajstić information content (AvgIpc) is 3.76. The SMILES string of the molecule is C=C(/C=C(/C=C/C=C/C=C1/N(CCCS(=O)(=O)O)c2ccc(S(=O)(=O)O)cc2C1(C)CCCC(=O)ON1C(=O)CCC1=O)c1cc2c(cc1O)N(CCOCCOCCOC)C(C)(C)C=C2C)c1ccccc1. The topological polar surface area (TPSA) is 227 Å². The quantitative estimate of drug-likeness (QED) is 0.0314. The molecule has 19 heteroatoms. The number of imide groups is 1. The standard InChI is InChI=1S/C54H65N3O14S2/c1-38(40-15-9-7-10-16-40)33-41(44-35-43-39(2)37-53(3,4)56(47(43)36-48(44)58)26-27-69-30-31-70-29-28-68-6)17-11-8-12-18-49-54(5,24-13-19-52(61)71-57-50(59)22-23-51(57)60)45-34-42(73(65,66)67)20-21-46(45)55(49)25-14-32-72(62,63)64/h7-12,15-18,20-21,33-37,58H,1,13-14,19,22-32H2,2-6H3,(H,62,63,64)(H,65,66,67)/b12-8+,17-11+,41-33-,49-18+. The largest absolute Gasteiger partial charge is 0.507 e. The van der Waals surface area contributed by atoms with Gasteiger partial charge in [0.15, 0.2) is 0 Å². The molecule has 0 spiro atoms. The van der Waals surface area contributed by atoms with E-state index in [4.69, 9.17) is 19.0 Å². The molecule has 0 saturated carbocycles. The van der Waals surface area contributed by atoms with E-state index in [0.717, 1.165) is 22.4 Å². The highest BCUT2D eigenvalue weighted by Gasteiger charge is 2.44. The molecule has 17 nitrogen and oxygen atoms in total. The third-order valence-electron chi connectivity index (χ3n) is 12.9. The van der Waals surface area contributed by atoms with Gasteiger partial charge < -0.3 is 34.0 Å². The number of methoxy groups -OCH3 is 1. The summed E-state index contributed by atoms with van der Waals surface area (Å²) in [6, 6.07) is 17.4. The zero-order valence-electron chi connectivity index (χ0n) is 41.9. The molecule has 3 N–H and O–H groups in total. The lowest BCUT2D eigenvalue weighted by molar-refractivity contribution is -0.197. The summed E-state index contributed by atoms with van der Waals surface area (Å²) in [6.07, 6.45) is 12.9. The maximum Gasteiger partial charge on any atom is 0.333 e. The van der Waals surface area contributed by atoms with Crippen LogP contribution in [-0.2, 0) is 59.1 Å². The number of aromatic hydroxyl groups is 1. The summed E-state index contributed by atoms with van der Waals surface area (Å²) in [7, 11) is -7.41. The van der Waals surface area contributed by atoms with Crippen LogP contribution in [0.15, 0.2) is 120 Å². The Morgan fingerprint density at radius 3 is 2.19 bits per heavy atom. The minimum atomic E-state index is -4.68. The summed E-state index contributed by atoms with van der Waals surface area (Å²) in [5.74, 6) is -2.60. The van der Waals surface area contributed by atoms with Gasteiger partial charge in [0.2, 0.25) is 0 Å². The number of phenols is 1. The smallest absolute Gasteiger partial charge is 0.333 e. The zero-order valence-corrected chi connectivity index (χ0v) is 43.5. The van der Waals surface area contributed by atoms with Crippen molar-refractivity contribution in [2.75, 3.05) is 68.8 Å². The van der Waals surface area contributed by atoms with Gasteiger partial charge in [0, 0.05) is 79.1 Å². The summed E-state index contributed by atoms with van der Waals surface area (Å²) in [5, 5.41) is 12.4. The summed E-state index contributed by atoms with van der Waals surface area (Å²) in [4.78, 5) is 45.9. The van der Waals surface area contributed by atoms with Crippen LogP contribution in [0.25, 0.3) is 16.7 Å². The maximum atomic E-state index is 12.9. The van der Waals surface area contributed by atoms with Crippen molar-refractivity contribution in [1.29, 1.82) is 0 Å². The van der Waals surface area contributed by atoms with E-state index in [1.54, 1.807) is 42.4 Å². The number of nitrogens with zero attached hydrogens (tertiary/aromatic N) is 3. The van der Waals surface area contributed by atoms with Gasteiger partial charge in [-0.05, 0) is 111 Å². The van der Waals surface area contributed by atoms with Crippen LogP contribution in [0.1, 0.15) is 88.5 Å². The predicted octanol–water partition coefficient (Wildman–Crippen LogP) is 8.25. The number of allylic oxidation sites excluding steroid dienone is 10. The van der Waals surface area contributed by atoms with Crippen molar-refractivity contribution in [2.45, 2.75) is 82.1 Å². The van der Waals surface area contributed by atoms with Gasteiger partial charge in [-0.15, -0.1) is 5.06 Å². The number of benzene rings is 3. The highest BCUT2D eigenvalue weighted by molar-refractivity contribution is 7.86. The van der Waals surface area contributed by atoms with E-state index in [1.807, 2.05) is 62.4 Å². The molecule has 73 heavy (non-hydrogen) atoms. The van der Waals surface area contributed by atoms with Crippen LogP contribution in [0.2, 0.25) is 0 Å². The lowest BCUT2D eigenvalue weighted by Gasteiger charge is -2.43. The molecule has 0 aromatic heterocycles. The molecule has 1 saturated heterocycles. The number of hydrogen-bond donors (Lipinski definition) is 3. The number of rotatable bonds is 25. The molecule has 0 bridgehead atoms. The van der Waals surface area contributed by atoms with Gasteiger partial charge >= 0.3 is 5.97 Å². The molecule has 3 heterocycles. The highest BCUT2D eigenvalue weighted by atomic mass is 32.2. The number of carbonyl (C=O) groups excluding carboxylic acids is 3. The number of anilines is 2. The monoisotopic (exact) mass is 1040 g/mol. The Balaban J connectivity index is 1.34. The van der Waals surface area contributed by atoms with Crippen LogP contribution in [0.3, 0.4) is 0 Å². The number of carbonyl (C=O) groups is 3. The van der Waals surface area contributed by atoms with Crippen LogP contribution in [-0.4, -0.2) is 118 Å². The molecule has 3 aromatic carbocycles. The van der Waals surface area contributed by atoms with Crippen LogP contribution in [0.5, 0.6) is 5.75 Å². The molecular formula is C54H65N3O14S2. The molecule has 0 aliphatic carbocycles. The third-order valence-corrected chi connectivity index (χ3v) is 14.6. The van der Waals surface area contributed by atoms with Gasteiger partial charge in [0.05, 0.1) is 49.2 Å². The van der Waals surface area contributed by atoms with Crippen molar-refractivity contribution < 1.29 is 64.5 Å². The molecular weight excluding hydrogens is 979 g/mol. The molecule has 3 aromatic rings. The molecule has 2 amide bonds. The lowest BCUT2D eigenvalue weighted by Crippen LogP contribution is -2.46. The fourth-order valence-corrected chi connectivity index (χ4v) is 10.4. The van der Waals surface area contributed by atoms with E-state index in [-0.39, 0.29) is 55.7 Å². The Kier molecular flexibility index (Phi) is 18.6. The Morgan fingerprint density at radius 2 is 1.52 bits per heavy atom. The Morgan fingerprint density at radius 1 is 0.836 bits per heavy atom. The summed E-state index contributed by atoms with van der Waals surface area (Å²) >= 11 is 0. The normalized spacial score (nSPS) is 18.6. The molecule has 1 fully saturated rings. The summed E-state index contributed by atoms with van der Waals surface area (Å²) in [6.45, 7) is 15.3. The minimum absolute atomic E-state index is 0.0217. The van der Waals surface area contributed by atoms with Crippen LogP contribution < -0.4 is 9.80 Å². The molecule has 1 atom stereocenters. The molecule has 0 radical (unpaired) electrons. The van der Waals surface area contributed by atoms with Crippen molar-refractivity contribution in [3.63, 3.8) is 0 Å².